The Hall–Kier alpha value is -3.24. The van der Waals surface area contributed by atoms with Gasteiger partial charge in [0.1, 0.15) is 5.69 Å². The SMILES string of the molecule is CC(C)(O/N=C(\C(=O)CC1C(=O)N2C[C@@](C(=O)O)(N3CC[C@H](N)C3=O)S[C@H]12)c1csc(N)n1)C(=O)O. The van der Waals surface area contributed by atoms with Crippen LogP contribution in [0.4, 0.5) is 5.13 Å². The summed E-state index contributed by atoms with van der Waals surface area (Å²) in [6.07, 6.45) is -0.0540. The molecule has 3 aliphatic heterocycles. The van der Waals surface area contributed by atoms with Crippen molar-refractivity contribution >= 4 is 63.5 Å². The Morgan fingerprint density at radius 3 is 2.53 bits per heavy atom. The fourth-order valence-corrected chi connectivity index (χ4v) is 6.39. The molecule has 6 N–H and O–H groups in total. The zero-order valence-corrected chi connectivity index (χ0v) is 20.9. The van der Waals surface area contributed by atoms with Crippen LogP contribution in [0.15, 0.2) is 10.5 Å². The van der Waals surface area contributed by atoms with E-state index in [9.17, 15) is 34.2 Å². The molecular weight excluding hydrogens is 516 g/mol. The topological polar surface area (TPSA) is 219 Å². The number of carbonyl (C=O) groups excluding carboxylic acids is 3. The Labute approximate surface area is 212 Å². The van der Waals surface area contributed by atoms with Crippen molar-refractivity contribution in [3.63, 3.8) is 0 Å². The maximum absolute atomic E-state index is 13.2. The predicted octanol–water partition coefficient (Wildman–Crippen LogP) is -0.860. The lowest BCUT2D eigenvalue weighted by Gasteiger charge is -2.40. The molecule has 194 valence electrons. The lowest BCUT2D eigenvalue weighted by atomic mass is 9.90. The van der Waals surface area contributed by atoms with E-state index in [1.54, 1.807) is 0 Å². The zero-order valence-electron chi connectivity index (χ0n) is 19.2. The van der Waals surface area contributed by atoms with E-state index in [4.69, 9.17) is 16.3 Å². The number of carbonyl (C=O) groups is 5. The van der Waals surface area contributed by atoms with Gasteiger partial charge in [-0.2, -0.15) is 0 Å². The Kier molecular flexibility index (Phi) is 6.47. The first-order valence-electron chi connectivity index (χ1n) is 10.8. The van der Waals surface area contributed by atoms with Gasteiger partial charge in [-0.15, -0.1) is 11.3 Å². The molecule has 0 bridgehead atoms. The molecule has 4 rings (SSSR count). The van der Waals surface area contributed by atoms with Crippen LogP contribution in [-0.2, 0) is 28.8 Å². The van der Waals surface area contributed by atoms with Gasteiger partial charge >= 0.3 is 11.9 Å². The molecule has 4 heterocycles. The van der Waals surface area contributed by atoms with Crippen LogP contribution in [0.2, 0.25) is 0 Å². The van der Waals surface area contributed by atoms with Gasteiger partial charge < -0.3 is 36.3 Å². The number of carboxylic acids is 2. The summed E-state index contributed by atoms with van der Waals surface area (Å²) in [6, 6.07) is -0.803. The van der Waals surface area contributed by atoms with E-state index in [0.717, 1.165) is 23.1 Å². The van der Waals surface area contributed by atoms with Gasteiger partial charge in [-0.05, 0) is 20.3 Å². The molecule has 3 aliphatic rings. The largest absolute Gasteiger partial charge is 0.479 e. The smallest absolute Gasteiger partial charge is 0.350 e. The monoisotopic (exact) mass is 540 g/mol. The number of amides is 2. The van der Waals surface area contributed by atoms with E-state index in [0.29, 0.717) is 6.42 Å². The minimum absolute atomic E-state index is 0.0583. The second-order valence-electron chi connectivity index (χ2n) is 9.10. The second kappa shape index (κ2) is 9.01. The normalized spacial score (nSPS) is 28.2. The van der Waals surface area contributed by atoms with Crippen LogP contribution < -0.4 is 11.5 Å². The molecule has 1 aromatic rings. The number of fused-ring (bicyclic) bond motifs is 1. The molecule has 3 fully saturated rings. The number of oxime groups is 1. The molecule has 16 heteroatoms. The van der Waals surface area contributed by atoms with Gasteiger partial charge in [0.15, 0.2) is 16.6 Å². The molecule has 2 amide bonds. The molecule has 0 radical (unpaired) electrons. The number of nitrogens with two attached hydrogens (primary N) is 2. The summed E-state index contributed by atoms with van der Waals surface area (Å²) in [7, 11) is 0. The molecule has 0 spiro atoms. The number of hydrogen-bond donors (Lipinski definition) is 4. The third-order valence-corrected chi connectivity index (χ3v) is 8.70. The van der Waals surface area contributed by atoms with E-state index >= 15 is 0 Å². The number of thioether (sulfide) groups is 1. The molecule has 1 unspecified atom stereocenters. The number of ketones is 1. The van der Waals surface area contributed by atoms with Gasteiger partial charge in [-0.1, -0.05) is 16.9 Å². The average molecular weight is 541 g/mol. The van der Waals surface area contributed by atoms with Crippen molar-refractivity contribution in [1.82, 2.24) is 14.8 Å². The van der Waals surface area contributed by atoms with Crippen LogP contribution in [0.5, 0.6) is 0 Å². The number of carboxylic acid groups (broad SMARTS) is 2. The maximum Gasteiger partial charge on any atom is 0.350 e. The quantitative estimate of drug-likeness (QED) is 0.171. The summed E-state index contributed by atoms with van der Waals surface area (Å²) in [5.41, 5.74) is 9.44. The highest BCUT2D eigenvalue weighted by Gasteiger charge is 2.65. The standard InChI is InChI=1S/C20H24N6O8S2/c1-19(2,16(30)31)34-24-12(10-6-35-18(22)23-10)11(27)5-8-13(28)25-7-20(17(32)33,36-15(8)25)26-4-3-9(21)14(26)29/h6,8-9,15H,3-5,7,21H2,1-2H3,(H2,22,23)(H,30,31)(H,32,33)/b24-12-/t8?,9-,15+,20+/m0/s1. The average Bonchev–Trinajstić information content (AvgIpc) is 3.49. The lowest BCUT2D eigenvalue weighted by Crippen LogP contribution is -2.59. The van der Waals surface area contributed by atoms with E-state index < -0.39 is 57.3 Å². The minimum Gasteiger partial charge on any atom is -0.479 e. The van der Waals surface area contributed by atoms with Crippen LogP contribution in [0.25, 0.3) is 0 Å². The highest BCUT2D eigenvalue weighted by molar-refractivity contribution is 8.02. The van der Waals surface area contributed by atoms with Gasteiger partial charge in [0.2, 0.25) is 22.3 Å². The fourth-order valence-electron chi connectivity index (χ4n) is 4.14. The van der Waals surface area contributed by atoms with Gasteiger partial charge in [0, 0.05) is 18.3 Å². The Morgan fingerprint density at radius 2 is 2.00 bits per heavy atom. The number of aromatic nitrogens is 1. The Morgan fingerprint density at radius 1 is 1.31 bits per heavy atom. The number of β-lactam (4-membered cyclic amide) rings is 1. The van der Waals surface area contributed by atoms with Crippen molar-refractivity contribution in [1.29, 1.82) is 0 Å². The van der Waals surface area contributed by atoms with E-state index in [1.165, 1.54) is 29.0 Å². The van der Waals surface area contributed by atoms with Gasteiger partial charge in [0.25, 0.3) is 0 Å². The third-order valence-electron chi connectivity index (χ3n) is 6.28. The Bertz CT molecular complexity index is 1180. The van der Waals surface area contributed by atoms with E-state index in [2.05, 4.69) is 10.1 Å². The van der Waals surface area contributed by atoms with E-state index in [1.807, 2.05) is 0 Å². The Balaban J connectivity index is 1.55. The van der Waals surface area contributed by atoms with Crippen molar-refractivity contribution in [3.05, 3.63) is 11.1 Å². The van der Waals surface area contributed by atoms with Gasteiger partial charge in [0.05, 0.1) is 23.9 Å². The zero-order chi connectivity index (χ0) is 26.6. The summed E-state index contributed by atoms with van der Waals surface area (Å²) in [4.78, 5) is 72.2. The highest BCUT2D eigenvalue weighted by atomic mass is 32.2. The van der Waals surface area contributed by atoms with Crippen LogP contribution in [0, 0.1) is 5.92 Å². The molecular formula is C20H24N6O8S2. The third kappa shape index (κ3) is 4.18. The molecule has 36 heavy (non-hydrogen) atoms. The summed E-state index contributed by atoms with van der Waals surface area (Å²) in [6.45, 7) is 2.42. The van der Waals surface area contributed by atoms with E-state index in [-0.39, 0.29) is 36.0 Å². The summed E-state index contributed by atoms with van der Waals surface area (Å²) in [5, 5.41) is 23.9. The molecule has 0 aromatic carbocycles. The number of hydrogen-bond acceptors (Lipinski definition) is 12. The van der Waals surface area contributed by atoms with Gasteiger partial charge in [-0.25, -0.2) is 14.6 Å². The number of anilines is 1. The molecule has 0 saturated carbocycles. The predicted molar refractivity (Wildman–Crippen MR) is 127 cm³/mol. The number of nitrogen functional groups attached to an aromatic ring is 1. The lowest BCUT2D eigenvalue weighted by molar-refractivity contribution is -0.161. The molecule has 0 aliphatic carbocycles. The first-order chi connectivity index (χ1) is 16.8. The number of nitrogens with zero attached hydrogens (tertiary/aromatic N) is 4. The van der Waals surface area contributed by atoms with Crippen LogP contribution in [0.1, 0.15) is 32.4 Å². The fraction of sp³-hybridized carbons (Fsp3) is 0.550. The van der Waals surface area contributed by atoms with Crippen molar-refractivity contribution in [3.8, 4) is 0 Å². The number of likely N-dealkylation sites (tertiary alicyclic amines) is 1. The first-order valence-corrected chi connectivity index (χ1v) is 12.6. The van der Waals surface area contributed by atoms with Crippen molar-refractivity contribution in [2.45, 2.75) is 48.6 Å². The van der Waals surface area contributed by atoms with Gasteiger partial charge in [-0.3, -0.25) is 14.4 Å². The molecule has 1 aromatic heterocycles. The summed E-state index contributed by atoms with van der Waals surface area (Å²) >= 11 is 1.96. The number of thiazole rings is 1. The number of rotatable bonds is 9. The van der Waals surface area contributed by atoms with Crippen LogP contribution in [-0.4, -0.2) is 95.2 Å². The number of aliphatic carboxylic acids is 2. The summed E-state index contributed by atoms with van der Waals surface area (Å²) < 4.78 is 0. The van der Waals surface area contributed by atoms with Crippen LogP contribution >= 0.6 is 23.1 Å². The molecule has 4 atom stereocenters. The van der Waals surface area contributed by atoms with Crippen molar-refractivity contribution in [2.24, 2.45) is 16.8 Å². The second-order valence-corrected chi connectivity index (χ2v) is 11.4. The number of Topliss-reactive ketones (excluding diaryl/α,β-unsaturated/α-hetero) is 1. The minimum atomic E-state index is -1.75. The summed E-state index contributed by atoms with van der Waals surface area (Å²) in [5.74, 6) is -5.07. The maximum atomic E-state index is 13.2. The first kappa shape index (κ1) is 25.8. The molecule has 3 saturated heterocycles. The molecule has 14 nitrogen and oxygen atoms in total. The van der Waals surface area contributed by atoms with Crippen molar-refractivity contribution in [2.75, 3.05) is 18.8 Å². The van der Waals surface area contributed by atoms with Crippen molar-refractivity contribution < 1.29 is 39.0 Å². The highest BCUT2D eigenvalue weighted by Crippen LogP contribution is 2.53. The van der Waals surface area contributed by atoms with Crippen LogP contribution in [0.3, 0.4) is 0 Å².